The largest absolute Gasteiger partial charge is 0.268 e. The van der Waals surface area contributed by atoms with Crippen molar-refractivity contribution in [3.63, 3.8) is 0 Å². The van der Waals surface area contributed by atoms with Crippen LogP contribution in [0.4, 0.5) is 0 Å². The van der Waals surface area contributed by atoms with E-state index in [2.05, 4.69) is 5.10 Å². The molecule has 0 spiro atoms. The molecular weight excluding hydrogens is 188 g/mol. The summed E-state index contributed by atoms with van der Waals surface area (Å²) < 4.78 is 1.48. The van der Waals surface area contributed by atoms with Gasteiger partial charge in [0, 0.05) is 12.3 Å². The number of hydrogen-bond donors (Lipinski definition) is 0. The Morgan fingerprint density at radius 1 is 1.13 bits per heavy atom. The summed E-state index contributed by atoms with van der Waals surface area (Å²) in [5.74, 6) is 0. The van der Waals surface area contributed by atoms with Crippen LogP contribution in [0.3, 0.4) is 0 Å². The lowest BCUT2D eigenvalue weighted by Crippen LogP contribution is -2.25. The molecule has 3 heteroatoms. The van der Waals surface area contributed by atoms with Crippen LogP contribution in [0.15, 0.2) is 53.5 Å². The van der Waals surface area contributed by atoms with Crippen molar-refractivity contribution in [1.82, 2.24) is 9.78 Å². The van der Waals surface area contributed by atoms with Crippen molar-refractivity contribution in [2.24, 2.45) is 0 Å². The zero-order valence-electron chi connectivity index (χ0n) is 8.50. The van der Waals surface area contributed by atoms with Gasteiger partial charge in [0.1, 0.15) is 0 Å². The first-order chi connectivity index (χ1) is 7.29. The molecular formula is C12H12N2O. The highest BCUT2D eigenvalue weighted by molar-refractivity contribution is 5.18. The third-order valence-corrected chi connectivity index (χ3v) is 2.39. The summed E-state index contributed by atoms with van der Waals surface area (Å²) in [7, 11) is 0. The third-order valence-electron chi connectivity index (χ3n) is 2.39. The van der Waals surface area contributed by atoms with Crippen molar-refractivity contribution >= 4 is 0 Å². The Morgan fingerprint density at radius 3 is 2.53 bits per heavy atom. The van der Waals surface area contributed by atoms with Gasteiger partial charge in [-0.25, -0.2) is 4.68 Å². The van der Waals surface area contributed by atoms with Crippen LogP contribution < -0.4 is 5.56 Å². The zero-order chi connectivity index (χ0) is 10.7. The molecule has 0 aliphatic heterocycles. The fourth-order valence-electron chi connectivity index (χ4n) is 1.53. The van der Waals surface area contributed by atoms with Crippen LogP contribution >= 0.6 is 0 Å². The van der Waals surface area contributed by atoms with Crippen molar-refractivity contribution in [3.05, 3.63) is 64.6 Å². The Hall–Kier alpha value is -1.90. The van der Waals surface area contributed by atoms with Crippen molar-refractivity contribution in [2.75, 3.05) is 0 Å². The molecule has 1 atom stereocenters. The number of nitrogens with zero attached hydrogens (tertiary/aromatic N) is 2. The van der Waals surface area contributed by atoms with Gasteiger partial charge in [-0.1, -0.05) is 30.3 Å². The molecule has 0 saturated carbocycles. The van der Waals surface area contributed by atoms with Gasteiger partial charge in [0.15, 0.2) is 0 Å². The van der Waals surface area contributed by atoms with Crippen LogP contribution in [0.25, 0.3) is 0 Å². The smallest absolute Gasteiger partial charge is 0.267 e. The maximum atomic E-state index is 11.5. The summed E-state index contributed by atoms with van der Waals surface area (Å²) in [6.07, 6.45) is 1.63. The highest BCUT2D eigenvalue weighted by Crippen LogP contribution is 2.13. The minimum Gasteiger partial charge on any atom is -0.268 e. The van der Waals surface area contributed by atoms with Crippen LogP contribution in [0.5, 0.6) is 0 Å². The standard InChI is InChI=1S/C12H12N2O/c1-10(11-6-3-2-4-7-11)14-12(15)8-5-9-13-14/h2-10H,1H3. The highest BCUT2D eigenvalue weighted by Gasteiger charge is 2.08. The minimum absolute atomic E-state index is 0.0279. The van der Waals surface area contributed by atoms with E-state index < -0.39 is 0 Å². The van der Waals surface area contributed by atoms with Gasteiger partial charge in [0.25, 0.3) is 5.56 Å². The molecule has 0 saturated heterocycles. The summed E-state index contributed by atoms with van der Waals surface area (Å²) in [6, 6.07) is 13.0. The van der Waals surface area contributed by atoms with E-state index in [1.807, 2.05) is 37.3 Å². The molecule has 1 aromatic heterocycles. The Bertz CT molecular complexity index is 490. The van der Waals surface area contributed by atoms with Crippen LogP contribution in [0, 0.1) is 0 Å². The van der Waals surface area contributed by atoms with Gasteiger partial charge in [-0.05, 0) is 18.6 Å². The van der Waals surface area contributed by atoms with Crippen molar-refractivity contribution in [1.29, 1.82) is 0 Å². The lowest BCUT2D eigenvalue weighted by Gasteiger charge is -2.13. The molecule has 1 unspecified atom stereocenters. The molecule has 3 nitrogen and oxygen atoms in total. The SMILES string of the molecule is CC(c1ccccc1)n1ncccc1=O. The fraction of sp³-hybridized carbons (Fsp3) is 0.167. The Balaban J connectivity index is 2.42. The molecule has 0 bridgehead atoms. The van der Waals surface area contributed by atoms with Crippen LogP contribution in [-0.4, -0.2) is 9.78 Å². The lowest BCUT2D eigenvalue weighted by molar-refractivity contribution is 0.531. The van der Waals surface area contributed by atoms with Gasteiger partial charge in [0.2, 0.25) is 0 Å². The van der Waals surface area contributed by atoms with E-state index in [-0.39, 0.29) is 11.6 Å². The zero-order valence-corrected chi connectivity index (χ0v) is 8.50. The second kappa shape index (κ2) is 4.09. The van der Waals surface area contributed by atoms with E-state index in [0.717, 1.165) is 5.56 Å². The molecule has 0 aliphatic carbocycles. The molecule has 0 fully saturated rings. The average Bonchev–Trinajstić information content (AvgIpc) is 2.30. The summed E-state index contributed by atoms with van der Waals surface area (Å²) >= 11 is 0. The molecule has 0 radical (unpaired) electrons. The topological polar surface area (TPSA) is 34.9 Å². The summed E-state index contributed by atoms with van der Waals surface area (Å²) in [5, 5.41) is 4.06. The number of hydrogen-bond acceptors (Lipinski definition) is 2. The van der Waals surface area contributed by atoms with Crippen LogP contribution in [0.2, 0.25) is 0 Å². The van der Waals surface area contributed by atoms with Gasteiger partial charge >= 0.3 is 0 Å². The van der Waals surface area contributed by atoms with E-state index in [0.29, 0.717) is 0 Å². The van der Waals surface area contributed by atoms with Crippen LogP contribution in [0.1, 0.15) is 18.5 Å². The second-order valence-corrected chi connectivity index (χ2v) is 3.39. The predicted octanol–water partition coefficient (Wildman–Crippen LogP) is 1.85. The highest BCUT2D eigenvalue weighted by atomic mass is 16.1. The number of benzene rings is 1. The van der Waals surface area contributed by atoms with Crippen molar-refractivity contribution in [2.45, 2.75) is 13.0 Å². The first-order valence-electron chi connectivity index (χ1n) is 4.88. The first-order valence-corrected chi connectivity index (χ1v) is 4.88. The van der Waals surface area contributed by atoms with E-state index >= 15 is 0 Å². The Kier molecular flexibility index (Phi) is 2.63. The molecule has 0 N–H and O–H groups in total. The molecule has 2 rings (SSSR count). The first kappa shape index (κ1) is 9.65. The van der Waals surface area contributed by atoms with Gasteiger partial charge < -0.3 is 0 Å². The van der Waals surface area contributed by atoms with Gasteiger partial charge in [-0.15, -0.1) is 0 Å². The van der Waals surface area contributed by atoms with Crippen molar-refractivity contribution < 1.29 is 0 Å². The molecule has 2 aromatic rings. The van der Waals surface area contributed by atoms with Gasteiger partial charge in [-0.3, -0.25) is 4.79 Å². The molecule has 15 heavy (non-hydrogen) atoms. The van der Waals surface area contributed by atoms with E-state index in [4.69, 9.17) is 0 Å². The molecule has 1 aromatic carbocycles. The van der Waals surface area contributed by atoms with Crippen LogP contribution in [-0.2, 0) is 0 Å². The summed E-state index contributed by atoms with van der Waals surface area (Å²) in [4.78, 5) is 11.5. The van der Waals surface area contributed by atoms with Crippen molar-refractivity contribution in [3.8, 4) is 0 Å². The fourth-order valence-corrected chi connectivity index (χ4v) is 1.53. The number of rotatable bonds is 2. The Morgan fingerprint density at radius 2 is 1.87 bits per heavy atom. The molecule has 0 aliphatic rings. The normalized spacial score (nSPS) is 12.3. The molecule has 0 amide bonds. The quantitative estimate of drug-likeness (QED) is 0.741. The molecule has 76 valence electrons. The maximum absolute atomic E-state index is 11.5. The van der Waals surface area contributed by atoms with Gasteiger partial charge in [0.05, 0.1) is 6.04 Å². The van der Waals surface area contributed by atoms with E-state index in [1.54, 1.807) is 12.3 Å². The summed E-state index contributed by atoms with van der Waals surface area (Å²) in [6.45, 7) is 1.96. The monoisotopic (exact) mass is 200 g/mol. The van der Waals surface area contributed by atoms with E-state index in [9.17, 15) is 4.79 Å². The Labute approximate surface area is 88.0 Å². The number of aromatic nitrogens is 2. The predicted molar refractivity (Wildman–Crippen MR) is 58.8 cm³/mol. The van der Waals surface area contributed by atoms with Gasteiger partial charge in [-0.2, -0.15) is 5.10 Å². The minimum atomic E-state index is -0.0751. The van der Waals surface area contributed by atoms with E-state index in [1.165, 1.54) is 10.7 Å². The lowest BCUT2D eigenvalue weighted by atomic mass is 10.1. The maximum Gasteiger partial charge on any atom is 0.267 e. The summed E-state index contributed by atoms with van der Waals surface area (Å²) in [5.41, 5.74) is 1.01. The average molecular weight is 200 g/mol. The third kappa shape index (κ3) is 1.96. The second-order valence-electron chi connectivity index (χ2n) is 3.39. The molecule has 1 heterocycles.